The van der Waals surface area contributed by atoms with Crippen LogP contribution in [0.4, 0.5) is 0 Å². The van der Waals surface area contributed by atoms with Gasteiger partial charge in [0, 0.05) is 44.7 Å². The van der Waals surface area contributed by atoms with Crippen molar-refractivity contribution in [3.8, 4) is 6.07 Å². The van der Waals surface area contributed by atoms with E-state index in [2.05, 4.69) is 10.7 Å². The fourth-order valence-corrected chi connectivity index (χ4v) is 5.79. The molecule has 0 aromatic heterocycles. The number of hydrogen-bond donors (Lipinski definition) is 1. The first-order chi connectivity index (χ1) is 15.6. The molecule has 1 aliphatic heterocycles. The molecular weight excluding hydrogens is 467 g/mol. The van der Waals surface area contributed by atoms with Gasteiger partial charge in [-0.2, -0.15) is 5.26 Å². The maximum Gasteiger partial charge on any atom is 0.353 e. The fraction of sp³-hybridized carbons (Fsp3) is 0.850. The molecule has 1 rings (SSSR count). The number of ether oxygens (including phenoxy) is 2. The summed E-state index contributed by atoms with van der Waals surface area (Å²) in [7, 11) is 3.82. The predicted octanol–water partition coefficient (Wildman–Crippen LogP) is 3.27. The van der Waals surface area contributed by atoms with Crippen LogP contribution in [0.2, 0.25) is 0 Å². The molecule has 1 aliphatic rings. The number of nitrogens with two attached hydrogens (primary N) is 1. The quantitative estimate of drug-likeness (QED) is 0.190. The Balaban J connectivity index is 3.24. The molecule has 0 bridgehead atoms. The molecule has 2 radical (unpaired) electrons. The van der Waals surface area contributed by atoms with E-state index in [-0.39, 0.29) is 25.1 Å². The van der Waals surface area contributed by atoms with Crippen molar-refractivity contribution in [3.05, 3.63) is 11.9 Å². The Kier molecular flexibility index (Phi) is 14.5. The van der Waals surface area contributed by atoms with Gasteiger partial charge in [0.1, 0.15) is 26.2 Å². The predicted molar refractivity (Wildman–Crippen MR) is 129 cm³/mol. The van der Waals surface area contributed by atoms with Crippen molar-refractivity contribution >= 4 is 24.0 Å². The Morgan fingerprint density at radius 2 is 1.85 bits per heavy atom. The van der Waals surface area contributed by atoms with Crippen molar-refractivity contribution in [1.29, 1.82) is 5.26 Å². The van der Waals surface area contributed by atoms with Crippen molar-refractivity contribution in [2.24, 2.45) is 5.73 Å². The summed E-state index contributed by atoms with van der Waals surface area (Å²) in [5.41, 5.74) is 5.60. The summed E-state index contributed by atoms with van der Waals surface area (Å²) in [5, 5.41) is 8.95. The van der Waals surface area contributed by atoms with Gasteiger partial charge in [-0.05, 0) is 46.7 Å². The van der Waals surface area contributed by atoms with Crippen LogP contribution >= 0.6 is 16.1 Å². The van der Waals surface area contributed by atoms with E-state index in [0.29, 0.717) is 19.6 Å². The summed E-state index contributed by atoms with van der Waals surface area (Å²) in [6, 6.07) is 1.53. The lowest BCUT2D eigenvalue weighted by Gasteiger charge is -2.38. The molecule has 188 valence electrons. The number of hydrogen-bond acceptors (Lipinski definition) is 10. The number of nitriles is 1. The minimum absolute atomic E-state index is 0.113. The third-order valence-electron chi connectivity index (χ3n) is 4.79. The first-order valence-corrected chi connectivity index (χ1v) is 13.8. The van der Waals surface area contributed by atoms with Crippen LogP contribution in [0, 0.1) is 11.3 Å². The summed E-state index contributed by atoms with van der Waals surface area (Å²) in [5.74, 6) is 1.32. The van der Waals surface area contributed by atoms with Gasteiger partial charge in [0.25, 0.3) is 8.53 Å². The molecule has 10 nitrogen and oxygen atoms in total. The zero-order chi connectivity index (χ0) is 25.0. The Morgan fingerprint density at radius 3 is 2.36 bits per heavy atom. The molecule has 0 aliphatic carbocycles. The van der Waals surface area contributed by atoms with E-state index < -0.39 is 40.4 Å². The van der Waals surface area contributed by atoms with E-state index in [0.717, 1.165) is 0 Å². The SMILES string of the molecule is [B][C@@H]1O[C@H](/C=C/P(=O)(OC)OC)[C@@H](OP(OCCC#N)N(C(C)C)C(C)C)[C@H]1OCCCN. The molecule has 0 amide bonds. The lowest BCUT2D eigenvalue weighted by atomic mass is 9.93. The molecule has 0 aromatic rings. The third-order valence-corrected chi connectivity index (χ3v) is 8.47. The highest BCUT2D eigenvalue weighted by molar-refractivity contribution is 7.57. The fourth-order valence-electron chi connectivity index (χ4n) is 3.26. The third kappa shape index (κ3) is 9.66. The van der Waals surface area contributed by atoms with Gasteiger partial charge in [0.15, 0.2) is 0 Å². The zero-order valence-corrected chi connectivity index (χ0v) is 22.2. The topological polar surface area (TPSA) is 126 Å². The summed E-state index contributed by atoms with van der Waals surface area (Å²) >= 11 is 0. The van der Waals surface area contributed by atoms with E-state index in [4.69, 9.17) is 46.4 Å². The second-order valence-electron chi connectivity index (χ2n) is 7.91. The average molecular weight is 505 g/mol. The molecule has 1 fully saturated rings. The molecule has 33 heavy (non-hydrogen) atoms. The van der Waals surface area contributed by atoms with Crippen LogP contribution in [0.5, 0.6) is 0 Å². The van der Waals surface area contributed by atoms with Crippen molar-refractivity contribution in [2.45, 2.75) is 76.9 Å². The molecular formula is C20H38BN3O7P2. The summed E-state index contributed by atoms with van der Waals surface area (Å²) in [6.45, 7) is 9.26. The van der Waals surface area contributed by atoms with Crippen LogP contribution in [0.25, 0.3) is 0 Å². The Hall–Kier alpha value is -0.365. The van der Waals surface area contributed by atoms with Gasteiger partial charge in [0.05, 0.1) is 19.1 Å². The second kappa shape index (κ2) is 15.6. The van der Waals surface area contributed by atoms with Crippen LogP contribution in [0.3, 0.4) is 0 Å². The standard InChI is InChI=1S/C20H38BN3O7P2/c1-15(2)24(16(3)4)32(29-13-8-11-23)31-18-17(9-14-33(25,26-5)27-6)30-20(21)19(18)28-12-7-10-22/h9,14-20H,7-8,10,12-13,22H2,1-6H3/b14-9+/t17-,18-,19-,20-,32?/m1/s1. The lowest BCUT2D eigenvalue weighted by molar-refractivity contribution is -0.0157. The van der Waals surface area contributed by atoms with E-state index in [1.165, 1.54) is 20.0 Å². The molecule has 0 spiro atoms. The summed E-state index contributed by atoms with van der Waals surface area (Å²) in [4.78, 5) is 0. The molecule has 1 saturated heterocycles. The van der Waals surface area contributed by atoms with Gasteiger partial charge in [-0.25, -0.2) is 4.67 Å². The van der Waals surface area contributed by atoms with Gasteiger partial charge in [-0.15, -0.1) is 0 Å². The molecule has 0 saturated carbocycles. The van der Waals surface area contributed by atoms with Gasteiger partial charge < -0.3 is 33.3 Å². The highest BCUT2D eigenvalue weighted by Gasteiger charge is 2.46. The highest BCUT2D eigenvalue weighted by Crippen LogP contribution is 2.51. The van der Waals surface area contributed by atoms with Crippen molar-refractivity contribution in [2.75, 3.05) is 34.0 Å². The Morgan fingerprint density at radius 1 is 1.21 bits per heavy atom. The molecule has 13 heteroatoms. The van der Waals surface area contributed by atoms with E-state index >= 15 is 0 Å². The van der Waals surface area contributed by atoms with Crippen molar-refractivity contribution < 1.29 is 32.1 Å². The molecule has 1 heterocycles. The first-order valence-electron chi connectivity index (χ1n) is 11.0. The number of rotatable bonds is 16. The molecule has 0 aromatic carbocycles. The normalized spacial score (nSPS) is 24.9. The van der Waals surface area contributed by atoms with E-state index in [9.17, 15) is 4.57 Å². The van der Waals surface area contributed by atoms with Gasteiger partial charge in [-0.3, -0.25) is 4.57 Å². The number of nitrogens with zero attached hydrogens (tertiary/aromatic N) is 2. The van der Waals surface area contributed by atoms with E-state index in [1.54, 1.807) is 6.08 Å². The van der Waals surface area contributed by atoms with Crippen LogP contribution in [0.15, 0.2) is 11.9 Å². The minimum Gasteiger partial charge on any atom is -0.375 e. The van der Waals surface area contributed by atoms with Crippen molar-refractivity contribution in [3.63, 3.8) is 0 Å². The minimum atomic E-state index is -3.42. The summed E-state index contributed by atoms with van der Waals surface area (Å²) < 4.78 is 48.9. The molecule has 5 atom stereocenters. The Labute approximate surface area is 200 Å². The highest BCUT2D eigenvalue weighted by atomic mass is 31.2. The Bertz CT molecular complexity index is 665. The van der Waals surface area contributed by atoms with Crippen LogP contribution in [-0.4, -0.2) is 82.9 Å². The van der Waals surface area contributed by atoms with Gasteiger partial charge >= 0.3 is 7.60 Å². The molecule has 1 unspecified atom stereocenters. The monoisotopic (exact) mass is 505 g/mol. The first kappa shape index (κ1) is 30.7. The van der Waals surface area contributed by atoms with Gasteiger partial charge in [0.2, 0.25) is 0 Å². The lowest BCUT2D eigenvalue weighted by Crippen LogP contribution is -2.40. The van der Waals surface area contributed by atoms with Crippen LogP contribution in [0.1, 0.15) is 40.5 Å². The largest absolute Gasteiger partial charge is 0.375 e. The zero-order valence-electron chi connectivity index (χ0n) is 20.5. The van der Waals surface area contributed by atoms with E-state index in [1.807, 2.05) is 27.7 Å². The molecule has 2 N–H and O–H groups in total. The van der Waals surface area contributed by atoms with Gasteiger partial charge in [-0.1, -0.05) is 0 Å². The average Bonchev–Trinajstić information content (AvgIpc) is 3.06. The van der Waals surface area contributed by atoms with Crippen LogP contribution in [-0.2, 0) is 32.1 Å². The summed E-state index contributed by atoms with van der Waals surface area (Å²) in [6.07, 6.45) is 0.481. The second-order valence-corrected chi connectivity index (χ2v) is 11.4. The van der Waals surface area contributed by atoms with Crippen molar-refractivity contribution in [1.82, 2.24) is 4.67 Å². The maximum atomic E-state index is 12.5. The van der Waals surface area contributed by atoms with Crippen LogP contribution < -0.4 is 5.73 Å². The maximum absolute atomic E-state index is 12.5. The smallest absolute Gasteiger partial charge is 0.353 e.